The lowest BCUT2D eigenvalue weighted by Crippen LogP contribution is -2.30. The third-order valence-electron chi connectivity index (χ3n) is 1.61. The molecule has 0 amide bonds. The number of carbonyl (C=O) groups is 1. The van der Waals surface area contributed by atoms with Crippen LogP contribution in [0.3, 0.4) is 0 Å². The highest BCUT2D eigenvalue weighted by Crippen LogP contribution is 2.04. The molecule has 0 saturated heterocycles. The van der Waals surface area contributed by atoms with Gasteiger partial charge in [0.1, 0.15) is 6.04 Å². The van der Waals surface area contributed by atoms with Gasteiger partial charge in [-0.3, -0.25) is 4.79 Å². The topological polar surface area (TPSA) is 72.5 Å². The second-order valence-corrected chi connectivity index (χ2v) is 4.18. The third kappa shape index (κ3) is 8.34. The number of thioether (sulfide) groups is 1. The third-order valence-corrected chi connectivity index (χ3v) is 2.59. The standard InChI is InChI=1S/C9H19NO3S/c1-2-4-13-5-7-14-6-3-8(10)9(11)12/h8H,2-7,10H2,1H3,(H,11,12). The highest BCUT2D eigenvalue weighted by molar-refractivity contribution is 7.99. The van der Waals surface area contributed by atoms with Gasteiger partial charge in [0.2, 0.25) is 0 Å². The molecule has 5 heteroatoms. The fourth-order valence-electron chi connectivity index (χ4n) is 0.800. The van der Waals surface area contributed by atoms with Crippen LogP contribution in [-0.4, -0.2) is 41.8 Å². The zero-order valence-corrected chi connectivity index (χ0v) is 9.39. The Balaban J connectivity index is 3.09. The molecule has 0 rings (SSSR count). The lowest BCUT2D eigenvalue weighted by Gasteiger charge is -2.05. The molecule has 0 bridgehead atoms. The van der Waals surface area contributed by atoms with E-state index in [-0.39, 0.29) is 0 Å². The highest BCUT2D eigenvalue weighted by Gasteiger charge is 2.09. The summed E-state index contributed by atoms with van der Waals surface area (Å²) in [5, 5.41) is 8.50. The minimum atomic E-state index is -0.923. The summed E-state index contributed by atoms with van der Waals surface area (Å²) in [6.07, 6.45) is 1.56. The maximum atomic E-state index is 10.3. The van der Waals surface area contributed by atoms with Gasteiger partial charge in [0.15, 0.2) is 0 Å². The van der Waals surface area contributed by atoms with Crippen LogP contribution in [0.25, 0.3) is 0 Å². The number of aliphatic carboxylic acids is 1. The largest absolute Gasteiger partial charge is 0.480 e. The van der Waals surface area contributed by atoms with Crippen molar-refractivity contribution < 1.29 is 14.6 Å². The molecule has 84 valence electrons. The van der Waals surface area contributed by atoms with Gasteiger partial charge in [-0.25, -0.2) is 0 Å². The highest BCUT2D eigenvalue weighted by atomic mass is 32.2. The molecule has 0 aromatic rings. The molecule has 0 aliphatic carbocycles. The first-order chi connectivity index (χ1) is 6.68. The lowest BCUT2D eigenvalue weighted by molar-refractivity contribution is -0.138. The van der Waals surface area contributed by atoms with Crippen LogP contribution in [0, 0.1) is 0 Å². The first kappa shape index (κ1) is 13.7. The Bertz CT molecular complexity index is 155. The van der Waals surface area contributed by atoms with Crippen molar-refractivity contribution in [2.45, 2.75) is 25.8 Å². The van der Waals surface area contributed by atoms with Gasteiger partial charge in [-0.1, -0.05) is 6.92 Å². The fourth-order valence-corrected chi connectivity index (χ4v) is 1.66. The second kappa shape index (κ2) is 9.30. The smallest absolute Gasteiger partial charge is 0.320 e. The minimum absolute atomic E-state index is 0.522. The maximum Gasteiger partial charge on any atom is 0.320 e. The summed E-state index contributed by atoms with van der Waals surface area (Å²) in [5.41, 5.74) is 5.33. The van der Waals surface area contributed by atoms with Crippen LogP contribution < -0.4 is 5.73 Å². The molecule has 0 fully saturated rings. The first-order valence-electron chi connectivity index (χ1n) is 4.82. The van der Waals surface area contributed by atoms with Gasteiger partial charge in [-0.2, -0.15) is 11.8 Å². The molecule has 0 aromatic heterocycles. The molecule has 0 radical (unpaired) electrons. The van der Waals surface area contributed by atoms with Crippen molar-refractivity contribution in [1.29, 1.82) is 0 Å². The number of carboxylic acid groups (broad SMARTS) is 1. The summed E-state index contributed by atoms with van der Waals surface area (Å²) in [4.78, 5) is 10.3. The number of ether oxygens (including phenoxy) is 1. The molecule has 0 aliphatic heterocycles. The summed E-state index contributed by atoms with van der Waals surface area (Å²) in [6, 6.07) is -0.723. The normalized spacial score (nSPS) is 12.7. The average Bonchev–Trinajstić information content (AvgIpc) is 2.16. The molecule has 3 N–H and O–H groups in total. The predicted octanol–water partition coefficient (Wildman–Crippen LogP) is 0.948. The summed E-state index contributed by atoms with van der Waals surface area (Å²) in [6.45, 7) is 3.61. The summed E-state index contributed by atoms with van der Waals surface area (Å²) in [7, 11) is 0. The van der Waals surface area contributed by atoms with E-state index in [1.165, 1.54) is 0 Å². The Morgan fingerprint density at radius 2 is 2.21 bits per heavy atom. The molecular weight excluding hydrogens is 202 g/mol. The molecule has 0 aliphatic rings. The van der Waals surface area contributed by atoms with Crippen molar-refractivity contribution in [1.82, 2.24) is 0 Å². The van der Waals surface area contributed by atoms with Crippen LogP contribution in [-0.2, 0) is 9.53 Å². The van der Waals surface area contributed by atoms with E-state index in [1.54, 1.807) is 11.8 Å². The van der Waals surface area contributed by atoms with Crippen molar-refractivity contribution in [3.63, 3.8) is 0 Å². The van der Waals surface area contributed by atoms with E-state index in [0.29, 0.717) is 6.42 Å². The Labute approximate surface area is 89.2 Å². The maximum absolute atomic E-state index is 10.3. The van der Waals surface area contributed by atoms with E-state index in [1.807, 2.05) is 0 Å². The molecule has 0 heterocycles. The van der Waals surface area contributed by atoms with Crippen LogP contribution in [0.1, 0.15) is 19.8 Å². The van der Waals surface area contributed by atoms with Crippen molar-refractivity contribution in [2.24, 2.45) is 5.73 Å². The van der Waals surface area contributed by atoms with Crippen LogP contribution in [0.15, 0.2) is 0 Å². The Morgan fingerprint density at radius 3 is 2.79 bits per heavy atom. The average molecular weight is 221 g/mol. The number of nitrogens with two attached hydrogens (primary N) is 1. The molecule has 0 saturated carbocycles. The van der Waals surface area contributed by atoms with Gasteiger partial charge < -0.3 is 15.6 Å². The van der Waals surface area contributed by atoms with E-state index in [4.69, 9.17) is 15.6 Å². The lowest BCUT2D eigenvalue weighted by atomic mass is 10.2. The molecule has 1 atom stereocenters. The van der Waals surface area contributed by atoms with E-state index >= 15 is 0 Å². The second-order valence-electron chi connectivity index (χ2n) is 2.96. The molecule has 0 aromatic carbocycles. The molecule has 0 spiro atoms. The number of carboxylic acids is 1. The zero-order chi connectivity index (χ0) is 10.8. The number of rotatable bonds is 9. The van der Waals surface area contributed by atoms with Crippen molar-refractivity contribution >= 4 is 17.7 Å². The van der Waals surface area contributed by atoms with E-state index in [2.05, 4.69) is 6.92 Å². The molecule has 14 heavy (non-hydrogen) atoms. The summed E-state index contributed by atoms with van der Waals surface area (Å²) < 4.78 is 5.27. The molecule has 1 unspecified atom stereocenters. The van der Waals surface area contributed by atoms with Crippen LogP contribution in [0.2, 0.25) is 0 Å². The van der Waals surface area contributed by atoms with Crippen LogP contribution in [0.4, 0.5) is 0 Å². The van der Waals surface area contributed by atoms with Gasteiger partial charge >= 0.3 is 5.97 Å². The predicted molar refractivity (Wildman–Crippen MR) is 58.7 cm³/mol. The van der Waals surface area contributed by atoms with Crippen LogP contribution in [0.5, 0.6) is 0 Å². The van der Waals surface area contributed by atoms with Gasteiger partial charge in [-0.15, -0.1) is 0 Å². The molecular formula is C9H19NO3S. The van der Waals surface area contributed by atoms with Crippen molar-refractivity contribution in [3.05, 3.63) is 0 Å². The first-order valence-corrected chi connectivity index (χ1v) is 5.97. The van der Waals surface area contributed by atoms with E-state index in [9.17, 15) is 4.79 Å². The summed E-state index contributed by atoms with van der Waals surface area (Å²) in [5.74, 6) is 0.766. The van der Waals surface area contributed by atoms with Crippen molar-refractivity contribution in [3.8, 4) is 0 Å². The van der Waals surface area contributed by atoms with Gasteiger partial charge in [-0.05, 0) is 18.6 Å². The van der Waals surface area contributed by atoms with Gasteiger partial charge in [0, 0.05) is 12.4 Å². The zero-order valence-electron chi connectivity index (χ0n) is 8.57. The SMILES string of the molecule is CCCOCCSCCC(N)C(=O)O. The van der Waals surface area contributed by atoms with Gasteiger partial charge in [0.25, 0.3) is 0 Å². The fraction of sp³-hybridized carbons (Fsp3) is 0.889. The van der Waals surface area contributed by atoms with E-state index in [0.717, 1.165) is 31.1 Å². The number of hydrogen-bond acceptors (Lipinski definition) is 4. The quantitative estimate of drug-likeness (QED) is 0.567. The Kier molecular flexibility index (Phi) is 9.13. The number of hydrogen-bond donors (Lipinski definition) is 2. The monoisotopic (exact) mass is 221 g/mol. The Morgan fingerprint density at radius 1 is 1.50 bits per heavy atom. The molecule has 4 nitrogen and oxygen atoms in total. The van der Waals surface area contributed by atoms with Crippen LogP contribution >= 0.6 is 11.8 Å². The minimum Gasteiger partial charge on any atom is -0.480 e. The van der Waals surface area contributed by atoms with E-state index < -0.39 is 12.0 Å². The van der Waals surface area contributed by atoms with Gasteiger partial charge in [0.05, 0.1) is 6.61 Å². The summed E-state index contributed by atoms with van der Waals surface area (Å²) >= 11 is 1.68. The van der Waals surface area contributed by atoms with Crippen molar-refractivity contribution in [2.75, 3.05) is 24.7 Å². The Hall–Kier alpha value is -0.260.